The molecule has 0 saturated heterocycles. The van der Waals surface area contributed by atoms with Gasteiger partial charge in [-0.1, -0.05) is 22.0 Å². The van der Waals surface area contributed by atoms with E-state index in [1.807, 2.05) is 6.07 Å². The predicted octanol–water partition coefficient (Wildman–Crippen LogP) is 3.29. The zero-order valence-electron chi connectivity index (χ0n) is 10.2. The first-order valence-corrected chi connectivity index (χ1v) is 6.86. The van der Waals surface area contributed by atoms with E-state index in [4.69, 9.17) is 5.73 Å². The smallest absolute Gasteiger partial charge is 0.162 e. The number of nitrogens with two attached hydrogens (primary N) is 1. The average Bonchev–Trinajstić information content (AvgIpc) is 2.77. The highest BCUT2D eigenvalue weighted by molar-refractivity contribution is 9.10. The largest absolute Gasteiger partial charge is 0.383 e. The summed E-state index contributed by atoms with van der Waals surface area (Å²) >= 11 is 3.57. The van der Waals surface area contributed by atoms with Crippen LogP contribution in [0.5, 0.6) is 0 Å². The number of hydrogen-bond donors (Lipinski definition) is 1. The van der Waals surface area contributed by atoms with Crippen LogP contribution >= 0.6 is 15.9 Å². The number of benzene rings is 1. The van der Waals surface area contributed by atoms with Gasteiger partial charge >= 0.3 is 0 Å². The zero-order chi connectivity index (χ0) is 12.7. The molecule has 0 saturated carbocycles. The maximum Gasteiger partial charge on any atom is 0.162 e. The van der Waals surface area contributed by atoms with Crippen molar-refractivity contribution in [2.24, 2.45) is 0 Å². The molecule has 0 amide bonds. The van der Waals surface area contributed by atoms with Crippen LogP contribution in [0.25, 0.3) is 11.4 Å². The average molecular weight is 304 g/mol. The molecule has 0 bridgehead atoms. The SMILES string of the molecule is Cc1ccc(-c2nc(N)c3c(n2)CCC3)c(Br)c1. The third-order valence-electron chi connectivity index (χ3n) is 3.33. The molecule has 0 aliphatic heterocycles. The van der Waals surface area contributed by atoms with Gasteiger partial charge in [0.2, 0.25) is 0 Å². The quantitative estimate of drug-likeness (QED) is 0.879. The van der Waals surface area contributed by atoms with E-state index in [0.29, 0.717) is 5.82 Å². The van der Waals surface area contributed by atoms with Crippen molar-refractivity contribution in [3.05, 3.63) is 39.5 Å². The summed E-state index contributed by atoms with van der Waals surface area (Å²) in [5.74, 6) is 1.36. The molecule has 4 heteroatoms. The lowest BCUT2D eigenvalue weighted by atomic mass is 10.1. The fraction of sp³-hybridized carbons (Fsp3) is 0.286. The molecule has 3 nitrogen and oxygen atoms in total. The Kier molecular flexibility index (Phi) is 2.82. The van der Waals surface area contributed by atoms with Gasteiger partial charge in [0, 0.05) is 21.3 Å². The molecule has 0 radical (unpaired) electrons. The minimum Gasteiger partial charge on any atom is -0.383 e. The van der Waals surface area contributed by atoms with Gasteiger partial charge in [0.05, 0.1) is 0 Å². The number of halogens is 1. The molecule has 3 rings (SSSR count). The highest BCUT2D eigenvalue weighted by atomic mass is 79.9. The minimum absolute atomic E-state index is 0.639. The highest BCUT2D eigenvalue weighted by Gasteiger charge is 2.18. The molecule has 1 heterocycles. The Hall–Kier alpha value is -1.42. The Labute approximate surface area is 115 Å². The van der Waals surface area contributed by atoms with E-state index in [9.17, 15) is 0 Å². The van der Waals surface area contributed by atoms with Crippen LogP contribution in [0.2, 0.25) is 0 Å². The summed E-state index contributed by atoms with van der Waals surface area (Å²) in [7, 11) is 0. The molecule has 1 aliphatic rings. The van der Waals surface area contributed by atoms with Crippen LogP contribution in [0, 0.1) is 6.92 Å². The summed E-state index contributed by atoms with van der Waals surface area (Å²) in [5, 5.41) is 0. The van der Waals surface area contributed by atoms with E-state index in [-0.39, 0.29) is 0 Å². The molecule has 1 aliphatic carbocycles. The zero-order valence-corrected chi connectivity index (χ0v) is 11.8. The van der Waals surface area contributed by atoms with Gasteiger partial charge in [0.1, 0.15) is 5.82 Å². The number of aromatic nitrogens is 2. The first-order valence-electron chi connectivity index (χ1n) is 6.07. The molecule has 2 aromatic rings. The molecule has 0 atom stereocenters. The van der Waals surface area contributed by atoms with Crippen LogP contribution in [0.3, 0.4) is 0 Å². The molecular formula is C14H14BrN3. The number of anilines is 1. The molecule has 0 fully saturated rings. The van der Waals surface area contributed by atoms with Crippen LogP contribution in [-0.4, -0.2) is 9.97 Å². The standard InChI is InChI=1S/C14H14BrN3/c1-8-5-6-9(11(15)7-8)14-17-12-4-2-3-10(12)13(16)18-14/h5-7H,2-4H2,1H3,(H2,16,17,18). The maximum absolute atomic E-state index is 6.02. The molecule has 1 aromatic carbocycles. The number of hydrogen-bond acceptors (Lipinski definition) is 3. The summed E-state index contributed by atoms with van der Waals surface area (Å²) < 4.78 is 1.01. The Morgan fingerprint density at radius 2 is 2.06 bits per heavy atom. The van der Waals surface area contributed by atoms with Crippen molar-refractivity contribution in [1.82, 2.24) is 9.97 Å². The second-order valence-electron chi connectivity index (χ2n) is 4.69. The maximum atomic E-state index is 6.02. The minimum atomic E-state index is 0.639. The topological polar surface area (TPSA) is 51.8 Å². The van der Waals surface area contributed by atoms with Crippen LogP contribution in [0.15, 0.2) is 22.7 Å². The van der Waals surface area contributed by atoms with Crippen molar-refractivity contribution in [3.8, 4) is 11.4 Å². The summed E-state index contributed by atoms with van der Waals surface area (Å²) in [5.41, 5.74) is 10.5. The Bertz CT molecular complexity index is 623. The van der Waals surface area contributed by atoms with Crippen molar-refractivity contribution in [3.63, 3.8) is 0 Å². The van der Waals surface area contributed by atoms with E-state index in [1.54, 1.807) is 0 Å². The van der Waals surface area contributed by atoms with Gasteiger partial charge < -0.3 is 5.73 Å². The van der Waals surface area contributed by atoms with Crippen molar-refractivity contribution in [2.45, 2.75) is 26.2 Å². The van der Waals surface area contributed by atoms with Gasteiger partial charge in [-0.05, 0) is 43.9 Å². The number of fused-ring (bicyclic) bond motifs is 1. The van der Waals surface area contributed by atoms with Gasteiger partial charge in [0.15, 0.2) is 5.82 Å². The lowest BCUT2D eigenvalue weighted by molar-refractivity contribution is 0.900. The normalized spacial score (nSPS) is 13.7. The van der Waals surface area contributed by atoms with E-state index in [1.165, 1.54) is 5.56 Å². The van der Waals surface area contributed by atoms with Crippen molar-refractivity contribution in [2.75, 3.05) is 5.73 Å². The second kappa shape index (κ2) is 4.35. The van der Waals surface area contributed by atoms with E-state index < -0.39 is 0 Å². The number of rotatable bonds is 1. The molecule has 92 valence electrons. The second-order valence-corrected chi connectivity index (χ2v) is 5.55. The van der Waals surface area contributed by atoms with E-state index in [0.717, 1.165) is 46.4 Å². The van der Waals surface area contributed by atoms with Crippen molar-refractivity contribution >= 4 is 21.7 Å². The van der Waals surface area contributed by atoms with Crippen LogP contribution in [-0.2, 0) is 12.8 Å². The molecule has 18 heavy (non-hydrogen) atoms. The molecule has 2 N–H and O–H groups in total. The fourth-order valence-electron chi connectivity index (χ4n) is 2.38. The predicted molar refractivity (Wildman–Crippen MR) is 76.3 cm³/mol. The first kappa shape index (κ1) is 11.7. The van der Waals surface area contributed by atoms with Crippen LogP contribution in [0.1, 0.15) is 23.2 Å². The third kappa shape index (κ3) is 1.90. The van der Waals surface area contributed by atoms with Gasteiger partial charge in [-0.2, -0.15) is 0 Å². The number of nitrogens with zero attached hydrogens (tertiary/aromatic N) is 2. The molecule has 0 unspecified atom stereocenters. The van der Waals surface area contributed by atoms with Crippen molar-refractivity contribution in [1.29, 1.82) is 0 Å². The molecule has 1 aromatic heterocycles. The third-order valence-corrected chi connectivity index (χ3v) is 3.99. The van der Waals surface area contributed by atoms with E-state index >= 15 is 0 Å². The summed E-state index contributed by atoms with van der Waals surface area (Å²) in [4.78, 5) is 9.10. The monoisotopic (exact) mass is 303 g/mol. The number of aryl methyl sites for hydroxylation is 2. The van der Waals surface area contributed by atoms with Gasteiger partial charge in [-0.15, -0.1) is 0 Å². The number of nitrogen functional groups attached to an aromatic ring is 1. The summed E-state index contributed by atoms with van der Waals surface area (Å²) in [6.45, 7) is 2.06. The fourth-order valence-corrected chi connectivity index (χ4v) is 3.05. The first-order chi connectivity index (χ1) is 8.65. The van der Waals surface area contributed by atoms with Crippen molar-refractivity contribution < 1.29 is 0 Å². The van der Waals surface area contributed by atoms with E-state index in [2.05, 4.69) is 45.0 Å². The Morgan fingerprint density at radius 1 is 1.22 bits per heavy atom. The molecular weight excluding hydrogens is 290 g/mol. The lowest BCUT2D eigenvalue weighted by Gasteiger charge is -2.08. The highest BCUT2D eigenvalue weighted by Crippen LogP contribution is 2.31. The van der Waals surface area contributed by atoms with Crippen LogP contribution in [0.4, 0.5) is 5.82 Å². The Balaban J connectivity index is 2.15. The lowest BCUT2D eigenvalue weighted by Crippen LogP contribution is -2.03. The summed E-state index contributed by atoms with van der Waals surface area (Å²) in [6, 6.07) is 6.17. The molecule has 0 spiro atoms. The summed E-state index contributed by atoms with van der Waals surface area (Å²) in [6.07, 6.45) is 3.15. The van der Waals surface area contributed by atoms with Gasteiger partial charge in [-0.3, -0.25) is 0 Å². The van der Waals surface area contributed by atoms with Gasteiger partial charge in [-0.25, -0.2) is 9.97 Å². The Morgan fingerprint density at radius 3 is 2.83 bits per heavy atom. The van der Waals surface area contributed by atoms with Gasteiger partial charge in [0.25, 0.3) is 0 Å². The van der Waals surface area contributed by atoms with Crippen LogP contribution < -0.4 is 5.73 Å².